The third-order valence-electron chi connectivity index (χ3n) is 1.86. The molecule has 1 fully saturated rings. The first-order chi connectivity index (χ1) is 7.31. The minimum atomic E-state index is -4.03. The van der Waals surface area contributed by atoms with Gasteiger partial charge in [-0.1, -0.05) is 0 Å². The Morgan fingerprint density at radius 1 is 1.19 bits per heavy atom. The van der Waals surface area contributed by atoms with Crippen LogP contribution in [-0.4, -0.2) is 54.0 Å². The molecule has 1 aliphatic carbocycles. The van der Waals surface area contributed by atoms with Gasteiger partial charge in [0.15, 0.2) is 0 Å². The summed E-state index contributed by atoms with van der Waals surface area (Å²) < 4.78 is 25.7. The standard InChI is InChI=1S/C7H12N2O6S/c10-6(11)3-9(4-7(12)13)16(14,15)8-5-1-2-5/h5,8H,1-4H2,(H,10,11)(H,12,13). The van der Waals surface area contributed by atoms with Gasteiger partial charge in [0.25, 0.3) is 10.2 Å². The number of carboxylic acids is 2. The van der Waals surface area contributed by atoms with Gasteiger partial charge >= 0.3 is 11.9 Å². The molecule has 0 saturated heterocycles. The molecular formula is C7H12N2O6S. The third kappa shape index (κ3) is 4.13. The Bertz CT molecular complexity index is 372. The Labute approximate surface area is 92.0 Å². The maximum absolute atomic E-state index is 11.5. The summed E-state index contributed by atoms with van der Waals surface area (Å²) in [4.78, 5) is 20.8. The molecule has 1 rings (SSSR count). The van der Waals surface area contributed by atoms with Crippen LogP contribution in [0.15, 0.2) is 0 Å². The largest absolute Gasteiger partial charge is 0.480 e. The predicted octanol–water partition coefficient (Wildman–Crippen LogP) is -1.55. The number of carboxylic acid groups (broad SMARTS) is 2. The highest BCUT2D eigenvalue weighted by molar-refractivity contribution is 7.87. The van der Waals surface area contributed by atoms with Crippen molar-refractivity contribution < 1.29 is 28.2 Å². The monoisotopic (exact) mass is 252 g/mol. The molecule has 1 saturated carbocycles. The Balaban J connectivity index is 2.71. The molecule has 16 heavy (non-hydrogen) atoms. The van der Waals surface area contributed by atoms with E-state index < -0.39 is 35.2 Å². The fraction of sp³-hybridized carbons (Fsp3) is 0.714. The molecular weight excluding hydrogens is 240 g/mol. The van der Waals surface area contributed by atoms with Crippen molar-refractivity contribution in [2.24, 2.45) is 0 Å². The van der Waals surface area contributed by atoms with Crippen LogP contribution in [0, 0.1) is 0 Å². The topological polar surface area (TPSA) is 124 Å². The first-order valence-electron chi connectivity index (χ1n) is 4.52. The minimum absolute atomic E-state index is 0.199. The molecule has 0 bridgehead atoms. The highest BCUT2D eigenvalue weighted by Crippen LogP contribution is 2.20. The maximum atomic E-state index is 11.5. The molecule has 0 heterocycles. The van der Waals surface area contributed by atoms with Crippen LogP contribution in [0.4, 0.5) is 0 Å². The summed E-state index contributed by atoms with van der Waals surface area (Å²) in [5, 5.41) is 17.0. The molecule has 0 spiro atoms. The van der Waals surface area contributed by atoms with E-state index in [1.807, 2.05) is 0 Å². The fourth-order valence-corrected chi connectivity index (χ4v) is 2.38. The average Bonchev–Trinajstić information content (AvgIpc) is 2.84. The van der Waals surface area contributed by atoms with E-state index in [0.717, 1.165) is 0 Å². The molecule has 92 valence electrons. The van der Waals surface area contributed by atoms with E-state index in [2.05, 4.69) is 4.72 Å². The second-order valence-electron chi connectivity index (χ2n) is 3.45. The predicted molar refractivity (Wildman–Crippen MR) is 51.9 cm³/mol. The Morgan fingerprint density at radius 3 is 1.94 bits per heavy atom. The summed E-state index contributed by atoms with van der Waals surface area (Å²) in [5.74, 6) is -2.80. The number of nitrogens with one attached hydrogen (secondary N) is 1. The van der Waals surface area contributed by atoms with Gasteiger partial charge in [0.05, 0.1) is 0 Å². The molecule has 9 heteroatoms. The van der Waals surface area contributed by atoms with Gasteiger partial charge in [-0.25, -0.2) is 0 Å². The van der Waals surface area contributed by atoms with Crippen molar-refractivity contribution in [1.82, 2.24) is 9.03 Å². The maximum Gasteiger partial charge on any atom is 0.318 e. The van der Waals surface area contributed by atoms with Crippen molar-refractivity contribution in [3.8, 4) is 0 Å². The number of hydrogen-bond acceptors (Lipinski definition) is 4. The quantitative estimate of drug-likeness (QED) is 0.504. The van der Waals surface area contributed by atoms with E-state index in [0.29, 0.717) is 17.1 Å². The average molecular weight is 252 g/mol. The molecule has 1 aliphatic rings. The van der Waals surface area contributed by atoms with Crippen LogP contribution in [0.5, 0.6) is 0 Å². The van der Waals surface area contributed by atoms with E-state index in [-0.39, 0.29) is 6.04 Å². The molecule has 0 aromatic rings. The van der Waals surface area contributed by atoms with Gasteiger partial charge in [-0.05, 0) is 12.8 Å². The van der Waals surface area contributed by atoms with Crippen LogP contribution in [0.2, 0.25) is 0 Å². The number of carbonyl (C=O) groups is 2. The van der Waals surface area contributed by atoms with Crippen LogP contribution in [0.25, 0.3) is 0 Å². The molecule has 0 atom stereocenters. The van der Waals surface area contributed by atoms with Crippen LogP contribution >= 0.6 is 0 Å². The lowest BCUT2D eigenvalue weighted by atomic mass is 10.6. The van der Waals surface area contributed by atoms with Gasteiger partial charge in [-0.2, -0.15) is 17.4 Å². The summed E-state index contributed by atoms with van der Waals surface area (Å²) in [6.07, 6.45) is 1.38. The molecule has 0 aromatic carbocycles. The molecule has 0 radical (unpaired) electrons. The SMILES string of the molecule is O=C(O)CN(CC(=O)O)S(=O)(=O)NC1CC1. The summed E-state index contributed by atoms with van der Waals surface area (Å²) in [6.45, 7) is -1.73. The molecule has 0 aliphatic heterocycles. The number of nitrogens with zero attached hydrogens (tertiary/aromatic N) is 1. The number of rotatable bonds is 7. The van der Waals surface area contributed by atoms with Gasteiger partial charge in [0, 0.05) is 6.04 Å². The molecule has 3 N–H and O–H groups in total. The normalized spacial score (nSPS) is 16.3. The van der Waals surface area contributed by atoms with E-state index in [1.54, 1.807) is 0 Å². The van der Waals surface area contributed by atoms with E-state index in [4.69, 9.17) is 10.2 Å². The zero-order valence-electron chi connectivity index (χ0n) is 8.29. The van der Waals surface area contributed by atoms with Crippen molar-refractivity contribution in [3.05, 3.63) is 0 Å². The van der Waals surface area contributed by atoms with Crippen molar-refractivity contribution >= 4 is 22.1 Å². The smallest absolute Gasteiger partial charge is 0.318 e. The van der Waals surface area contributed by atoms with Crippen LogP contribution in [0.1, 0.15) is 12.8 Å². The Hall–Kier alpha value is -1.19. The summed E-state index contributed by atoms with van der Waals surface area (Å²) >= 11 is 0. The zero-order chi connectivity index (χ0) is 12.3. The summed E-state index contributed by atoms with van der Waals surface area (Å²) in [6, 6.07) is -0.199. The molecule has 0 unspecified atom stereocenters. The van der Waals surface area contributed by atoms with Crippen LogP contribution in [-0.2, 0) is 19.8 Å². The van der Waals surface area contributed by atoms with Gasteiger partial charge in [-0.15, -0.1) is 0 Å². The Morgan fingerprint density at radius 2 is 1.62 bits per heavy atom. The van der Waals surface area contributed by atoms with Gasteiger partial charge < -0.3 is 10.2 Å². The Kier molecular flexibility index (Phi) is 3.83. The lowest BCUT2D eigenvalue weighted by molar-refractivity contribution is -0.139. The van der Waals surface area contributed by atoms with Crippen molar-refractivity contribution in [2.75, 3.05) is 13.1 Å². The second-order valence-corrected chi connectivity index (χ2v) is 5.15. The molecule has 0 aromatic heterocycles. The lowest BCUT2D eigenvalue weighted by Crippen LogP contribution is -2.46. The van der Waals surface area contributed by atoms with Crippen LogP contribution in [0.3, 0.4) is 0 Å². The van der Waals surface area contributed by atoms with E-state index >= 15 is 0 Å². The fourth-order valence-electron chi connectivity index (χ4n) is 1.01. The van der Waals surface area contributed by atoms with Crippen molar-refractivity contribution in [2.45, 2.75) is 18.9 Å². The van der Waals surface area contributed by atoms with Gasteiger partial charge in [-0.3, -0.25) is 9.59 Å². The van der Waals surface area contributed by atoms with Crippen LogP contribution < -0.4 is 4.72 Å². The number of aliphatic carboxylic acids is 2. The highest BCUT2D eigenvalue weighted by atomic mass is 32.2. The summed E-state index contributed by atoms with van der Waals surface area (Å²) in [7, 11) is -4.03. The van der Waals surface area contributed by atoms with E-state index in [9.17, 15) is 18.0 Å². The first kappa shape index (κ1) is 12.9. The van der Waals surface area contributed by atoms with Crippen molar-refractivity contribution in [1.29, 1.82) is 0 Å². The molecule has 8 nitrogen and oxygen atoms in total. The van der Waals surface area contributed by atoms with Crippen molar-refractivity contribution in [3.63, 3.8) is 0 Å². The van der Waals surface area contributed by atoms with Gasteiger partial charge in [0.1, 0.15) is 13.1 Å². The second kappa shape index (κ2) is 4.76. The highest BCUT2D eigenvalue weighted by Gasteiger charge is 2.33. The molecule has 0 amide bonds. The number of hydrogen-bond donors (Lipinski definition) is 3. The van der Waals surface area contributed by atoms with E-state index in [1.165, 1.54) is 0 Å². The summed E-state index contributed by atoms with van der Waals surface area (Å²) in [5.41, 5.74) is 0. The third-order valence-corrected chi connectivity index (χ3v) is 3.43. The zero-order valence-corrected chi connectivity index (χ0v) is 9.11. The minimum Gasteiger partial charge on any atom is -0.480 e. The van der Waals surface area contributed by atoms with Gasteiger partial charge in [0.2, 0.25) is 0 Å². The first-order valence-corrected chi connectivity index (χ1v) is 5.96. The lowest BCUT2D eigenvalue weighted by Gasteiger charge is -2.18.